The van der Waals surface area contributed by atoms with Gasteiger partial charge in [-0.25, -0.2) is 4.79 Å². The number of nitrogens with one attached hydrogen (secondary N) is 1. The van der Waals surface area contributed by atoms with E-state index in [1.807, 2.05) is 36.2 Å². The molecule has 4 nitrogen and oxygen atoms in total. The molecule has 4 heteroatoms. The lowest BCUT2D eigenvalue weighted by Gasteiger charge is -2.24. The molecule has 0 aliphatic heterocycles. The van der Waals surface area contributed by atoms with E-state index in [-0.39, 0.29) is 6.03 Å². The number of anilines is 1. The molecule has 0 atom stereocenters. The summed E-state index contributed by atoms with van der Waals surface area (Å²) in [6.45, 7) is 0. The molecule has 1 fully saturated rings. The summed E-state index contributed by atoms with van der Waals surface area (Å²) in [4.78, 5) is 13.9. The van der Waals surface area contributed by atoms with Crippen LogP contribution in [0.2, 0.25) is 0 Å². The van der Waals surface area contributed by atoms with Crippen molar-refractivity contribution in [1.29, 1.82) is 0 Å². The summed E-state index contributed by atoms with van der Waals surface area (Å²) in [6.07, 6.45) is 4.69. The third-order valence-electron chi connectivity index (χ3n) is 3.53. The number of rotatable bonds is 3. The molecule has 1 aromatic carbocycles. The molecule has 1 aromatic rings. The first-order valence-electron chi connectivity index (χ1n) is 6.38. The first-order chi connectivity index (χ1) is 8.70. The second-order valence-electron chi connectivity index (χ2n) is 4.71. The number of benzene rings is 1. The molecule has 0 saturated heterocycles. The van der Waals surface area contributed by atoms with E-state index >= 15 is 0 Å². The zero-order valence-corrected chi connectivity index (χ0v) is 11.0. The maximum absolute atomic E-state index is 12.0. The van der Waals surface area contributed by atoms with Crippen molar-refractivity contribution in [2.24, 2.45) is 0 Å². The third kappa shape index (κ3) is 2.94. The smallest absolute Gasteiger partial charge is 0.321 e. The van der Waals surface area contributed by atoms with E-state index in [9.17, 15) is 4.79 Å². The minimum absolute atomic E-state index is 0.0351. The number of carbonyl (C=O) groups excluding carboxylic acids is 1. The number of hydrogen-bond acceptors (Lipinski definition) is 2. The van der Waals surface area contributed by atoms with E-state index in [4.69, 9.17) is 4.74 Å². The zero-order chi connectivity index (χ0) is 13.0. The van der Waals surface area contributed by atoms with E-state index in [1.165, 1.54) is 12.8 Å². The normalized spacial score (nSPS) is 15.4. The first kappa shape index (κ1) is 12.7. The Hall–Kier alpha value is -1.71. The fourth-order valence-electron chi connectivity index (χ4n) is 2.34. The molecule has 1 N–H and O–H groups in total. The summed E-state index contributed by atoms with van der Waals surface area (Å²) in [6, 6.07) is 7.73. The molecule has 0 heterocycles. The predicted octanol–water partition coefficient (Wildman–Crippen LogP) is 3.10. The SMILES string of the molecule is COc1ccc(NC(=O)N(C)C2CCCC2)cc1. The average Bonchev–Trinajstić information content (AvgIpc) is 2.92. The highest BCUT2D eigenvalue weighted by Gasteiger charge is 2.23. The van der Waals surface area contributed by atoms with Gasteiger partial charge in [-0.05, 0) is 37.1 Å². The van der Waals surface area contributed by atoms with Crippen molar-refractivity contribution < 1.29 is 9.53 Å². The van der Waals surface area contributed by atoms with Crippen LogP contribution < -0.4 is 10.1 Å². The molecular weight excluding hydrogens is 228 g/mol. The molecule has 0 unspecified atom stereocenters. The van der Waals surface area contributed by atoms with Crippen molar-refractivity contribution in [2.75, 3.05) is 19.5 Å². The first-order valence-corrected chi connectivity index (χ1v) is 6.38. The topological polar surface area (TPSA) is 41.6 Å². The van der Waals surface area contributed by atoms with Gasteiger partial charge in [0.1, 0.15) is 5.75 Å². The van der Waals surface area contributed by atoms with Crippen molar-refractivity contribution >= 4 is 11.7 Å². The predicted molar refractivity (Wildman–Crippen MR) is 72.0 cm³/mol. The number of hydrogen-bond donors (Lipinski definition) is 1. The Labute approximate surface area is 108 Å². The van der Waals surface area contributed by atoms with Gasteiger partial charge in [0.25, 0.3) is 0 Å². The molecule has 1 aliphatic rings. The summed E-state index contributed by atoms with van der Waals surface area (Å²) < 4.78 is 5.08. The lowest BCUT2D eigenvalue weighted by molar-refractivity contribution is 0.205. The van der Waals surface area contributed by atoms with Gasteiger partial charge in [-0.1, -0.05) is 12.8 Å². The van der Waals surface area contributed by atoms with Crippen LogP contribution in [0.15, 0.2) is 24.3 Å². The number of methoxy groups -OCH3 is 1. The molecular formula is C14H20N2O2. The number of carbonyl (C=O) groups is 1. The van der Waals surface area contributed by atoms with Crippen LogP contribution in [-0.2, 0) is 0 Å². The highest BCUT2D eigenvalue weighted by molar-refractivity contribution is 5.89. The fraction of sp³-hybridized carbons (Fsp3) is 0.500. The molecule has 2 rings (SSSR count). The maximum Gasteiger partial charge on any atom is 0.321 e. The van der Waals surface area contributed by atoms with E-state index < -0.39 is 0 Å². The van der Waals surface area contributed by atoms with Gasteiger partial charge >= 0.3 is 6.03 Å². The highest BCUT2D eigenvalue weighted by Crippen LogP contribution is 2.23. The summed E-state index contributed by atoms with van der Waals surface area (Å²) >= 11 is 0. The minimum Gasteiger partial charge on any atom is -0.497 e. The fourth-order valence-corrected chi connectivity index (χ4v) is 2.34. The van der Waals surface area contributed by atoms with Crippen molar-refractivity contribution in [3.8, 4) is 5.75 Å². The van der Waals surface area contributed by atoms with Crippen molar-refractivity contribution in [3.05, 3.63) is 24.3 Å². The molecule has 0 aromatic heterocycles. The molecule has 1 saturated carbocycles. The van der Waals surface area contributed by atoms with Gasteiger partial charge in [-0.3, -0.25) is 0 Å². The molecule has 2 amide bonds. The molecule has 98 valence electrons. The Bertz CT molecular complexity index is 397. The van der Waals surface area contributed by atoms with Gasteiger partial charge in [0.15, 0.2) is 0 Å². The summed E-state index contributed by atoms with van der Waals surface area (Å²) in [5.41, 5.74) is 0.797. The summed E-state index contributed by atoms with van der Waals surface area (Å²) in [5, 5.41) is 2.90. The van der Waals surface area contributed by atoms with Gasteiger partial charge in [0.05, 0.1) is 7.11 Å². The highest BCUT2D eigenvalue weighted by atomic mass is 16.5. The molecule has 0 radical (unpaired) electrons. The Morgan fingerprint density at radius 2 is 1.89 bits per heavy atom. The van der Waals surface area contributed by atoms with Crippen molar-refractivity contribution in [3.63, 3.8) is 0 Å². The standard InChI is InChI=1S/C14H20N2O2/c1-16(12-5-3-4-6-12)14(17)15-11-7-9-13(18-2)10-8-11/h7-10,12H,3-6H2,1-2H3,(H,15,17). The lowest BCUT2D eigenvalue weighted by Crippen LogP contribution is -2.38. The lowest BCUT2D eigenvalue weighted by atomic mass is 10.2. The van der Waals surface area contributed by atoms with Gasteiger partial charge in [-0.15, -0.1) is 0 Å². The van der Waals surface area contributed by atoms with E-state index in [2.05, 4.69) is 5.32 Å². The van der Waals surface area contributed by atoms with Crippen LogP contribution in [0, 0.1) is 0 Å². The number of urea groups is 1. The zero-order valence-electron chi connectivity index (χ0n) is 11.0. The van der Waals surface area contributed by atoms with Gasteiger partial charge in [0, 0.05) is 18.8 Å². The summed E-state index contributed by atoms with van der Waals surface area (Å²) in [5.74, 6) is 0.789. The van der Waals surface area contributed by atoms with Crippen LogP contribution >= 0.6 is 0 Å². The molecule has 0 spiro atoms. The monoisotopic (exact) mass is 248 g/mol. The largest absolute Gasteiger partial charge is 0.497 e. The van der Waals surface area contributed by atoms with Crippen LogP contribution in [0.5, 0.6) is 5.75 Å². The van der Waals surface area contributed by atoms with Crippen molar-refractivity contribution in [1.82, 2.24) is 4.90 Å². The van der Waals surface area contributed by atoms with Gasteiger partial charge < -0.3 is 15.0 Å². The number of nitrogens with zero attached hydrogens (tertiary/aromatic N) is 1. The van der Waals surface area contributed by atoms with Crippen LogP contribution in [0.3, 0.4) is 0 Å². The third-order valence-corrected chi connectivity index (χ3v) is 3.53. The Kier molecular flexibility index (Phi) is 4.07. The molecule has 0 bridgehead atoms. The quantitative estimate of drug-likeness (QED) is 0.893. The van der Waals surface area contributed by atoms with Gasteiger partial charge in [-0.2, -0.15) is 0 Å². The number of amides is 2. The van der Waals surface area contributed by atoms with Gasteiger partial charge in [0.2, 0.25) is 0 Å². The van der Waals surface area contributed by atoms with Crippen LogP contribution in [-0.4, -0.2) is 31.1 Å². The van der Waals surface area contributed by atoms with Crippen molar-refractivity contribution in [2.45, 2.75) is 31.7 Å². The Morgan fingerprint density at radius 3 is 2.44 bits per heavy atom. The Morgan fingerprint density at radius 1 is 1.28 bits per heavy atom. The number of ether oxygens (including phenoxy) is 1. The van der Waals surface area contributed by atoms with Crippen LogP contribution in [0.25, 0.3) is 0 Å². The van der Waals surface area contributed by atoms with Crippen LogP contribution in [0.4, 0.5) is 10.5 Å². The maximum atomic E-state index is 12.0. The Balaban J connectivity index is 1.93. The van der Waals surface area contributed by atoms with E-state index in [0.717, 1.165) is 24.3 Å². The molecule has 18 heavy (non-hydrogen) atoms. The van der Waals surface area contributed by atoms with Crippen LogP contribution in [0.1, 0.15) is 25.7 Å². The average molecular weight is 248 g/mol. The second-order valence-corrected chi connectivity index (χ2v) is 4.71. The van der Waals surface area contributed by atoms with E-state index in [0.29, 0.717) is 6.04 Å². The summed E-state index contributed by atoms with van der Waals surface area (Å²) in [7, 11) is 3.50. The minimum atomic E-state index is -0.0351. The second kappa shape index (κ2) is 5.76. The van der Waals surface area contributed by atoms with E-state index in [1.54, 1.807) is 7.11 Å². The molecule has 1 aliphatic carbocycles.